The first-order valence-corrected chi connectivity index (χ1v) is 16.8. The van der Waals surface area contributed by atoms with Crippen LogP contribution in [0.3, 0.4) is 0 Å². The number of anilines is 3. The van der Waals surface area contributed by atoms with Crippen LogP contribution in [0.25, 0.3) is 33.5 Å². The van der Waals surface area contributed by atoms with Gasteiger partial charge in [0.1, 0.15) is 0 Å². The maximum absolute atomic E-state index is 13.0. The van der Waals surface area contributed by atoms with Crippen LogP contribution in [0.2, 0.25) is 0 Å². The van der Waals surface area contributed by atoms with E-state index in [0.29, 0.717) is 0 Å². The first-order valence-electron chi connectivity index (χ1n) is 14.4. The predicted octanol–water partition coefficient (Wildman–Crippen LogP) is 11.5. The van der Waals surface area contributed by atoms with Gasteiger partial charge < -0.3 is 13.9 Å². The molecule has 4 aromatic carbocycles. The molecule has 0 saturated carbocycles. The molecule has 44 heavy (non-hydrogen) atoms. The van der Waals surface area contributed by atoms with E-state index in [2.05, 4.69) is 107 Å². The number of nitrogens with zero attached hydrogens (tertiary/aromatic N) is 2. The topological polar surface area (TPSA) is 43.1 Å². The first-order chi connectivity index (χ1) is 21.5. The fourth-order valence-electron chi connectivity index (χ4n) is 4.69. The highest BCUT2D eigenvalue weighted by molar-refractivity contribution is 7.58. The van der Waals surface area contributed by atoms with Gasteiger partial charge in [-0.25, -0.2) is 4.85 Å². The molecule has 1 aromatic heterocycles. The van der Waals surface area contributed by atoms with Gasteiger partial charge in [0, 0.05) is 26.8 Å². The molecule has 0 aliphatic rings. The molecule has 0 N–H and O–H groups in total. The van der Waals surface area contributed by atoms with Crippen LogP contribution in [-0.2, 0) is 13.6 Å². The van der Waals surface area contributed by atoms with Crippen LogP contribution in [0.1, 0.15) is 29.9 Å². The first kappa shape index (κ1) is 30.9. The molecule has 0 amide bonds. The van der Waals surface area contributed by atoms with Crippen molar-refractivity contribution in [3.8, 4) is 10.4 Å². The van der Waals surface area contributed by atoms with Crippen molar-refractivity contribution in [3.63, 3.8) is 0 Å². The molecule has 7 heteroatoms. The van der Waals surface area contributed by atoms with Crippen molar-refractivity contribution in [1.29, 1.82) is 0 Å². The second-order valence-electron chi connectivity index (χ2n) is 9.70. The third kappa shape index (κ3) is 7.52. The van der Waals surface area contributed by atoms with Gasteiger partial charge in [-0.15, -0.1) is 11.3 Å². The summed E-state index contributed by atoms with van der Waals surface area (Å²) in [6.07, 6.45) is 5.84. The molecule has 1 heterocycles. The number of rotatable bonds is 12. The van der Waals surface area contributed by atoms with E-state index in [1.807, 2.05) is 36.4 Å². The smallest absolute Gasteiger partial charge is 0.313 e. The molecular weight excluding hydrogens is 583 g/mol. The van der Waals surface area contributed by atoms with Gasteiger partial charge in [0.15, 0.2) is 0 Å². The zero-order valence-corrected chi connectivity index (χ0v) is 26.4. The van der Waals surface area contributed by atoms with Gasteiger partial charge in [0.2, 0.25) is 0 Å². The standard InChI is InChI=1S/C37H33N2O3PS/c1-4-41-43(40,42-5-2)37(38-3)28-30-16-21-31(22-17-30)36-27-26-35(44-36)25-20-29-18-23-34(24-19-29)39(32-12-8-6-9-13-32)33-14-10-7-11-15-33/h6-28H,4-5H2,1-2H3/b25-20+,37-28+. The van der Waals surface area contributed by atoms with Gasteiger partial charge in [-0.1, -0.05) is 78.9 Å². The summed E-state index contributed by atoms with van der Waals surface area (Å²) in [5.74, 6) is 0. The normalized spacial score (nSPS) is 11.9. The molecule has 0 radical (unpaired) electrons. The molecule has 0 spiro atoms. The van der Waals surface area contributed by atoms with E-state index in [1.165, 1.54) is 0 Å². The van der Waals surface area contributed by atoms with Crippen molar-refractivity contribution in [1.82, 2.24) is 0 Å². The molecule has 5 nitrogen and oxygen atoms in total. The summed E-state index contributed by atoms with van der Waals surface area (Å²) in [7, 11) is -3.63. The number of hydrogen-bond acceptors (Lipinski definition) is 5. The number of hydrogen-bond donors (Lipinski definition) is 0. The lowest BCUT2D eigenvalue weighted by atomic mass is 10.1. The van der Waals surface area contributed by atoms with E-state index >= 15 is 0 Å². The highest BCUT2D eigenvalue weighted by Gasteiger charge is 2.30. The summed E-state index contributed by atoms with van der Waals surface area (Å²) in [5.41, 5.74) is 6.25. The molecule has 0 saturated heterocycles. The molecule has 0 unspecified atom stereocenters. The molecule has 0 bridgehead atoms. The molecular formula is C37H33N2O3PS. The lowest BCUT2D eigenvalue weighted by Gasteiger charge is -2.25. The molecule has 5 aromatic rings. The highest BCUT2D eigenvalue weighted by Crippen LogP contribution is 2.57. The Morgan fingerprint density at radius 1 is 0.727 bits per heavy atom. The SMILES string of the molecule is [C-]#[N+]/C(=C\c1ccc(-c2ccc(/C=C/c3ccc(N(c4ccccc4)c4ccccc4)cc3)s2)cc1)P(=O)(OCC)OCC. The minimum Gasteiger partial charge on any atom is -0.313 e. The Bertz CT molecular complexity index is 1760. The van der Waals surface area contributed by atoms with Gasteiger partial charge in [-0.2, -0.15) is 0 Å². The van der Waals surface area contributed by atoms with E-state index in [1.54, 1.807) is 31.3 Å². The second-order valence-corrected chi connectivity index (χ2v) is 12.8. The Balaban J connectivity index is 1.29. The van der Waals surface area contributed by atoms with Crippen molar-refractivity contribution in [2.75, 3.05) is 18.1 Å². The second kappa shape index (κ2) is 14.8. The van der Waals surface area contributed by atoms with Crippen LogP contribution in [0, 0.1) is 6.57 Å². The Morgan fingerprint density at radius 3 is 1.82 bits per heavy atom. The fourth-order valence-corrected chi connectivity index (χ4v) is 7.05. The highest BCUT2D eigenvalue weighted by atomic mass is 32.1. The van der Waals surface area contributed by atoms with E-state index in [4.69, 9.17) is 15.6 Å². The number of para-hydroxylation sites is 2. The van der Waals surface area contributed by atoms with Gasteiger partial charge >= 0.3 is 7.60 Å². The van der Waals surface area contributed by atoms with Crippen LogP contribution >= 0.6 is 18.9 Å². The summed E-state index contributed by atoms with van der Waals surface area (Å²) >= 11 is 1.71. The Hall–Kier alpha value is -4.50. The Kier molecular flexibility index (Phi) is 10.4. The average molecular weight is 617 g/mol. The molecule has 0 fully saturated rings. The largest absolute Gasteiger partial charge is 0.363 e. The predicted molar refractivity (Wildman–Crippen MR) is 185 cm³/mol. The maximum atomic E-state index is 13.0. The lowest BCUT2D eigenvalue weighted by Crippen LogP contribution is -2.09. The van der Waals surface area contributed by atoms with E-state index < -0.39 is 7.60 Å². The summed E-state index contributed by atoms with van der Waals surface area (Å²) < 4.78 is 23.7. The van der Waals surface area contributed by atoms with Crippen molar-refractivity contribution in [3.05, 3.63) is 154 Å². The fraction of sp³-hybridized carbons (Fsp3) is 0.108. The van der Waals surface area contributed by atoms with Crippen LogP contribution in [0.15, 0.2) is 127 Å². The van der Waals surface area contributed by atoms with E-state index in [9.17, 15) is 4.57 Å². The van der Waals surface area contributed by atoms with Gasteiger partial charge in [-0.05, 0) is 91.2 Å². The summed E-state index contributed by atoms with van der Waals surface area (Å²) in [6, 6.07) is 41.4. The number of thiophene rings is 1. The van der Waals surface area contributed by atoms with Crippen molar-refractivity contribution in [2.24, 2.45) is 0 Å². The summed E-state index contributed by atoms with van der Waals surface area (Å²) in [6.45, 7) is 11.4. The maximum Gasteiger partial charge on any atom is 0.363 e. The van der Waals surface area contributed by atoms with Crippen LogP contribution in [-0.4, -0.2) is 13.2 Å². The molecule has 0 atom stereocenters. The van der Waals surface area contributed by atoms with Crippen molar-refractivity contribution >= 4 is 54.2 Å². The summed E-state index contributed by atoms with van der Waals surface area (Å²) in [5, 5.41) is 0. The average Bonchev–Trinajstić information content (AvgIpc) is 3.54. The van der Waals surface area contributed by atoms with Gasteiger partial charge in [0.05, 0.1) is 19.8 Å². The van der Waals surface area contributed by atoms with Gasteiger partial charge in [-0.3, -0.25) is 4.57 Å². The zero-order chi connectivity index (χ0) is 30.8. The Morgan fingerprint density at radius 2 is 1.27 bits per heavy atom. The van der Waals surface area contributed by atoms with Crippen molar-refractivity contribution < 1.29 is 13.6 Å². The van der Waals surface area contributed by atoms with Crippen LogP contribution in [0.5, 0.6) is 0 Å². The minimum absolute atomic E-state index is 0.0154. The van der Waals surface area contributed by atoms with Crippen LogP contribution < -0.4 is 4.90 Å². The third-order valence-electron chi connectivity index (χ3n) is 6.73. The summed E-state index contributed by atoms with van der Waals surface area (Å²) in [4.78, 5) is 7.98. The van der Waals surface area contributed by atoms with Crippen LogP contribution in [0.4, 0.5) is 17.1 Å². The van der Waals surface area contributed by atoms with E-state index in [-0.39, 0.29) is 18.7 Å². The zero-order valence-electron chi connectivity index (χ0n) is 24.7. The molecule has 0 aliphatic carbocycles. The number of benzene rings is 4. The molecule has 0 aliphatic heterocycles. The lowest BCUT2D eigenvalue weighted by molar-refractivity contribution is 0.227. The van der Waals surface area contributed by atoms with E-state index in [0.717, 1.165) is 43.5 Å². The minimum atomic E-state index is -3.63. The quantitative estimate of drug-likeness (QED) is 0.103. The Labute approximate surface area is 263 Å². The molecule has 5 rings (SSSR count). The molecule has 220 valence electrons. The van der Waals surface area contributed by atoms with Crippen molar-refractivity contribution in [2.45, 2.75) is 13.8 Å². The third-order valence-corrected chi connectivity index (χ3v) is 9.82. The van der Waals surface area contributed by atoms with Gasteiger partial charge in [0.25, 0.3) is 5.44 Å². The monoisotopic (exact) mass is 616 g/mol.